The Hall–Kier alpha value is -0.940. The first-order valence-electron chi connectivity index (χ1n) is 6.40. The van der Waals surface area contributed by atoms with Crippen molar-refractivity contribution in [3.63, 3.8) is 0 Å². The molecule has 0 spiro atoms. The Morgan fingerprint density at radius 1 is 1.47 bits per heavy atom. The van der Waals surface area contributed by atoms with Crippen LogP contribution in [0.15, 0.2) is 22.7 Å². The van der Waals surface area contributed by atoms with Gasteiger partial charge in [0.05, 0.1) is 11.1 Å². The smallest absolute Gasteiger partial charge is 0.305 e. The summed E-state index contributed by atoms with van der Waals surface area (Å²) >= 11 is 3.14. The molecule has 0 aromatic heterocycles. The van der Waals surface area contributed by atoms with Gasteiger partial charge in [-0.25, -0.2) is 4.39 Å². The molecular weight excluding hydrogens is 313 g/mol. The van der Waals surface area contributed by atoms with Gasteiger partial charge in [0.25, 0.3) is 0 Å². The van der Waals surface area contributed by atoms with Crippen molar-refractivity contribution < 1.29 is 13.9 Å². The van der Waals surface area contributed by atoms with Crippen molar-refractivity contribution in [2.75, 3.05) is 6.61 Å². The van der Waals surface area contributed by atoms with E-state index in [9.17, 15) is 9.18 Å². The molecule has 106 valence electrons. The molecule has 0 amide bonds. The number of hydrogen-bond donors (Lipinski definition) is 1. The second-order valence-corrected chi connectivity index (χ2v) is 5.19. The van der Waals surface area contributed by atoms with Gasteiger partial charge < -0.3 is 10.5 Å². The highest BCUT2D eigenvalue weighted by atomic mass is 79.9. The van der Waals surface area contributed by atoms with Gasteiger partial charge in [0.2, 0.25) is 0 Å². The van der Waals surface area contributed by atoms with Crippen molar-refractivity contribution in [2.45, 2.75) is 38.6 Å². The molecular formula is C14H19BrFNO2. The first-order valence-corrected chi connectivity index (χ1v) is 7.20. The molecule has 0 aliphatic rings. The minimum absolute atomic E-state index is 0.140. The van der Waals surface area contributed by atoms with Crippen molar-refractivity contribution in [2.24, 2.45) is 5.73 Å². The minimum atomic E-state index is -0.293. The van der Waals surface area contributed by atoms with Crippen LogP contribution in [0.5, 0.6) is 0 Å². The summed E-state index contributed by atoms with van der Waals surface area (Å²) in [5.74, 6) is -0.459. The maximum Gasteiger partial charge on any atom is 0.305 e. The Morgan fingerprint density at radius 3 is 2.84 bits per heavy atom. The van der Waals surface area contributed by atoms with Crippen molar-refractivity contribution in [1.82, 2.24) is 0 Å². The van der Waals surface area contributed by atoms with Gasteiger partial charge in [-0.1, -0.05) is 12.5 Å². The van der Waals surface area contributed by atoms with Crippen LogP contribution in [-0.4, -0.2) is 12.6 Å². The van der Waals surface area contributed by atoms with E-state index in [1.807, 2.05) is 0 Å². The quantitative estimate of drug-likeness (QED) is 0.612. The molecule has 0 aliphatic carbocycles. The highest BCUT2D eigenvalue weighted by Gasteiger charge is 2.09. The van der Waals surface area contributed by atoms with Gasteiger partial charge in [-0.3, -0.25) is 4.79 Å². The largest absolute Gasteiger partial charge is 0.466 e. The number of benzene rings is 1. The van der Waals surface area contributed by atoms with E-state index in [1.165, 1.54) is 6.07 Å². The van der Waals surface area contributed by atoms with Gasteiger partial charge in [0.15, 0.2) is 0 Å². The molecule has 1 atom stereocenters. The number of carbonyl (C=O) groups excluding carboxylic acids is 1. The molecule has 1 unspecified atom stereocenters. The van der Waals surface area contributed by atoms with Crippen LogP contribution in [0.3, 0.4) is 0 Å². The Balaban J connectivity index is 2.33. The normalized spacial score (nSPS) is 12.2. The molecule has 0 aliphatic heterocycles. The standard InChI is InChI=1S/C14H19BrFNO2/c1-2-19-14(18)6-4-3-5-13(17)10-7-8-12(16)11(15)9-10/h7-9,13H,2-6,17H2,1H3. The van der Waals surface area contributed by atoms with Crippen LogP contribution in [0, 0.1) is 5.82 Å². The molecule has 0 bridgehead atoms. The summed E-state index contributed by atoms with van der Waals surface area (Å²) < 4.78 is 18.4. The highest BCUT2D eigenvalue weighted by Crippen LogP contribution is 2.23. The molecule has 0 heterocycles. The van der Waals surface area contributed by atoms with Gasteiger partial charge in [0, 0.05) is 12.5 Å². The number of hydrogen-bond acceptors (Lipinski definition) is 3. The van der Waals surface area contributed by atoms with Gasteiger partial charge >= 0.3 is 5.97 Å². The van der Waals surface area contributed by atoms with E-state index < -0.39 is 0 Å². The molecule has 0 fully saturated rings. The second kappa shape index (κ2) is 8.27. The molecule has 1 aromatic carbocycles. The zero-order valence-corrected chi connectivity index (χ0v) is 12.6. The molecule has 1 aromatic rings. The lowest BCUT2D eigenvalue weighted by Gasteiger charge is -2.12. The van der Waals surface area contributed by atoms with Crippen molar-refractivity contribution in [3.05, 3.63) is 34.1 Å². The van der Waals surface area contributed by atoms with E-state index in [1.54, 1.807) is 19.1 Å². The number of rotatable bonds is 7. The third-order valence-electron chi connectivity index (χ3n) is 2.82. The average molecular weight is 332 g/mol. The van der Waals surface area contributed by atoms with E-state index in [-0.39, 0.29) is 17.8 Å². The summed E-state index contributed by atoms with van der Waals surface area (Å²) in [4.78, 5) is 11.1. The van der Waals surface area contributed by atoms with Crippen LogP contribution in [0.25, 0.3) is 0 Å². The van der Waals surface area contributed by atoms with E-state index >= 15 is 0 Å². The summed E-state index contributed by atoms with van der Waals surface area (Å²) in [7, 11) is 0. The minimum Gasteiger partial charge on any atom is -0.466 e. The average Bonchev–Trinajstić information content (AvgIpc) is 2.38. The summed E-state index contributed by atoms with van der Waals surface area (Å²) in [6.07, 6.45) is 2.79. The zero-order valence-electron chi connectivity index (χ0n) is 11.0. The number of esters is 1. The Kier molecular flexibility index (Phi) is 7.02. The zero-order chi connectivity index (χ0) is 14.3. The van der Waals surface area contributed by atoms with Crippen LogP contribution >= 0.6 is 15.9 Å². The molecule has 0 saturated carbocycles. The van der Waals surface area contributed by atoms with Crippen molar-refractivity contribution >= 4 is 21.9 Å². The number of nitrogens with two attached hydrogens (primary N) is 1. The van der Waals surface area contributed by atoms with Gasteiger partial charge in [-0.15, -0.1) is 0 Å². The van der Waals surface area contributed by atoms with Crippen molar-refractivity contribution in [3.8, 4) is 0 Å². The van der Waals surface area contributed by atoms with Crippen molar-refractivity contribution in [1.29, 1.82) is 0 Å². The highest BCUT2D eigenvalue weighted by molar-refractivity contribution is 9.10. The van der Waals surface area contributed by atoms with Gasteiger partial charge in [-0.05, 0) is 53.4 Å². The van der Waals surface area contributed by atoms with Gasteiger partial charge in [0.1, 0.15) is 5.82 Å². The summed E-state index contributed by atoms with van der Waals surface area (Å²) in [6.45, 7) is 2.21. The van der Waals surface area contributed by atoms with E-state index in [0.717, 1.165) is 24.8 Å². The first-order chi connectivity index (χ1) is 9.04. The number of carbonyl (C=O) groups is 1. The van der Waals surface area contributed by atoms with Gasteiger partial charge in [-0.2, -0.15) is 0 Å². The molecule has 3 nitrogen and oxygen atoms in total. The lowest BCUT2D eigenvalue weighted by molar-refractivity contribution is -0.143. The number of halogens is 2. The monoisotopic (exact) mass is 331 g/mol. The molecule has 5 heteroatoms. The molecule has 1 rings (SSSR count). The maximum atomic E-state index is 13.1. The summed E-state index contributed by atoms with van der Waals surface area (Å²) in [5.41, 5.74) is 6.92. The fraction of sp³-hybridized carbons (Fsp3) is 0.500. The third-order valence-corrected chi connectivity index (χ3v) is 3.43. The predicted octanol–water partition coefficient (Wildman–Crippen LogP) is 3.71. The second-order valence-electron chi connectivity index (χ2n) is 4.33. The maximum absolute atomic E-state index is 13.1. The molecule has 0 radical (unpaired) electrons. The van der Waals surface area contributed by atoms with Crippen LogP contribution in [0.1, 0.15) is 44.2 Å². The summed E-state index contributed by atoms with van der Waals surface area (Å²) in [6, 6.07) is 4.65. The third kappa shape index (κ3) is 5.70. The van der Waals surface area contributed by atoms with Crippen LogP contribution < -0.4 is 5.73 Å². The number of ether oxygens (including phenoxy) is 1. The Morgan fingerprint density at radius 2 is 2.21 bits per heavy atom. The van der Waals surface area contributed by atoms with E-state index in [2.05, 4.69) is 15.9 Å². The Labute approximate surface area is 121 Å². The molecule has 0 saturated heterocycles. The van der Waals surface area contributed by atoms with Crippen LogP contribution in [-0.2, 0) is 9.53 Å². The SMILES string of the molecule is CCOC(=O)CCCCC(N)c1ccc(F)c(Br)c1. The lowest BCUT2D eigenvalue weighted by atomic mass is 10.0. The Bertz CT molecular complexity index is 426. The number of unbranched alkanes of at least 4 members (excludes halogenated alkanes) is 1. The van der Waals surface area contributed by atoms with Crippen LogP contribution in [0.2, 0.25) is 0 Å². The van der Waals surface area contributed by atoms with E-state index in [4.69, 9.17) is 10.5 Å². The first kappa shape index (κ1) is 16.1. The van der Waals surface area contributed by atoms with E-state index in [0.29, 0.717) is 17.5 Å². The van der Waals surface area contributed by atoms with Crippen LogP contribution in [0.4, 0.5) is 4.39 Å². The lowest BCUT2D eigenvalue weighted by Crippen LogP contribution is -2.11. The predicted molar refractivity (Wildman–Crippen MR) is 76.1 cm³/mol. The fourth-order valence-electron chi connectivity index (χ4n) is 1.78. The molecule has 19 heavy (non-hydrogen) atoms. The summed E-state index contributed by atoms with van der Waals surface area (Å²) in [5, 5.41) is 0. The molecule has 2 N–H and O–H groups in total. The fourth-order valence-corrected chi connectivity index (χ4v) is 2.17. The topological polar surface area (TPSA) is 52.3 Å².